The number of aryl methyl sites for hydroxylation is 1. The second-order valence-corrected chi connectivity index (χ2v) is 8.15. The van der Waals surface area contributed by atoms with Gasteiger partial charge in [0, 0.05) is 0 Å². The van der Waals surface area contributed by atoms with Crippen LogP contribution in [0.25, 0.3) is 0 Å². The molecule has 0 aliphatic carbocycles. The minimum atomic E-state index is -0.303. The fraction of sp³-hybridized carbons (Fsp3) is 0.231. The minimum Gasteiger partial charge on any atom is -0.484 e. The van der Waals surface area contributed by atoms with Gasteiger partial charge in [0.2, 0.25) is 0 Å². The molecule has 0 aliphatic rings. The molecule has 31 heavy (non-hydrogen) atoms. The Kier molecular flexibility index (Phi) is 7.79. The van der Waals surface area contributed by atoms with E-state index in [0.29, 0.717) is 11.7 Å². The van der Waals surface area contributed by atoms with E-state index in [-0.39, 0.29) is 23.7 Å². The predicted octanol–water partition coefficient (Wildman–Crippen LogP) is 5.28. The third-order valence-electron chi connectivity index (χ3n) is 5.03. The number of nitrogens with one attached hydrogen (secondary N) is 2. The van der Waals surface area contributed by atoms with E-state index in [1.165, 1.54) is 5.56 Å². The van der Waals surface area contributed by atoms with Crippen LogP contribution in [0.1, 0.15) is 48.1 Å². The molecule has 3 aromatic carbocycles. The van der Waals surface area contributed by atoms with Crippen LogP contribution in [0.15, 0.2) is 78.9 Å². The van der Waals surface area contributed by atoms with Crippen molar-refractivity contribution in [2.45, 2.75) is 32.7 Å². The largest absolute Gasteiger partial charge is 0.484 e. The maximum atomic E-state index is 12.4. The molecule has 3 aromatic rings. The Bertz CT molecular complexity index is 981. The van der Waals surface area contributed by atoms with E-state index in [9.17, 15) is 4.79 Å². The van der Waals surface area contributed by atoms with Crippen LogP contribution in [0.5, 0.6) is 5.75 Å². The Morgan fingerprint density at radius 3 is 2.03 bits per heavy atom. The molecule has 0 aliphatic heterocycles. The standard InChI is InChI=1S/C26H28N2O2S/c1-18(2)23-15-14-22(16-19(23)3)30-17-24(29)27-26(31)28-25(20-10-6-4-7-11-20)21-12-8-5-9-13-21/h4-16,18,25H,17H2,1-3H3,(H2,27,28,29,31). The van der Waals surface area contributed by atoms with E-state index in [1.807, 2.05) is 78.9 Å². The van der Waals surface area contributed by atoms with Gasteiger partial charge in [-0.15, -0.1) is 0 Å². The molecule has 0 aromatic heterocycles. The van der Waals surface area contributed by atoms with Crippen molar-refractivity contribution in [3.8, 4) is 5.75 Å². The fourth-order valence-electron chi connectivity index (χ4n) is 3.51. The molecule has 0 spiro atoms. The summed E-state index contributed by atoms with van der Waals surface area (Å²) in [5, 5.41) is 6.23. The first-order chi connectivity index (χ1) is 14.9. The summed E-state index contributed by atoms with van der Waals surface area (Å²) in [7, 11) is 0. The van der Waals surface area contributed by atoms with Crippen LogP contribution in [0.4, 0.5) is 0 Å². The normalized spacial score (nSPS) is 10.7. The van der Waals surface area contributed by atoms with Crippen LogP contribution < -0.4 is 15.4 Å². The number of ether oxygens (including phenoxy) is 1. The molecule has 3 rings (SSSR count). The van der Waals surface area contributed by atoms with E-state index < -0.39 is 0 Å². The fourth-order valence-corrected chi connectivity index (χ4v) is 3.75. The smallest absolute Gasteiger partial charge is 0.264 e. The number of hydrogen-bond donors (Lipinski definition) is 2. The molecule has 0 saturated carbocycles. The van der Waals surface area contributed by atoms with Gasteiger partial charge >= 0.3 is 0 Å². The molecule has 0 unspecified atom stereocenters. The van der Waals surface area contributed by atoms with Gasteiger partial charge in [0.15, 0.2) is 11.7 Å². The van der Waals surface area contributed by atoms with Crippen molar-refractivity contribution in [2.75, 3.05) is 6.61 Å². The number of benzene rings is 3. The second kappa shape index (κ2) is 10.7. The van der Waals surface area contributed by atoms with Gasteiger partial charge in [0.05, 0.1) is 6.04 Å². The van der Waals surface area contributed by atoms with Gasteiger partial charge in [-0.05, 0) is 59.4 Å². The first kappa shape index (κ1) is 22.5. The van der Waals surface area contributed by atoms with Crippen molar-refractivity contribution < 1.29 is 9.53 Å². The average Bonchev–Trinajstić information content (AvgIpc) is 2.77. The van der Waals surface area contributed by atoms with Crippen LogP contribution in [0.2, 0.25) is 0 Å². The Labute approximate surface area is 189 Å². The first-order valence-electron chi connectivity index (χ1n) is 10.4. The van der Waals surface area contributed by atoms with Crippen molar-refractivity contribution in [1.82, 2.24) is 10.6 Å². The van der Waals surface area contributed by atoms with Crippen LogP contribution in [0.3, 0.4) is 0 Å². The summed E-state index contributed by atoms with van der Waals surface area (Å²) in [6.45, 7) is 6.25. The number of carbonyl (C=O) groups is 1. The van der Waals surface area contributed by atoms with E-state index in [1.54, 1.807) is 0 Å². The van der Waals surface area contributed by atoms with E-state index >= 15 is 0 Å². The Balaban J connectivity index is 1.59. The lowest BCUT2D eigenvalue weighted by atomic mass is 9.98. The lowest BCUT2D eigenvalue weighted by Crippen LogP contribution is -2.43. The molecule has 0 saturated heterocycles. The van der Waals surface area contributed by atoms with E-state index in [0.717, 1.165) is 16.7 Å². The lowest BCUT2D eigenvalue weighted by molar-refractivity contribution is -0.121. The summed E-state index contributed by atoms with van der Waals surface area (Å²) >= 11 is 5.41. The van der Waals surface area contributed by atoms with Crippen molar-refractivity contribution in [1.29, 1.82) is 0 Å². The SMILES string of the molecule is Cc1cc(OCC(=O)NC(=S)NC(c2ccccc2)c2ccccc2)ccc1C(C)C. The molecular formula is C26H28N2O2S. The number of carbonyl (C=O) groups excluding carboxylic acids is 1. The summed E-state index contributed by atoms with van der Waals surface area (Å²) in [4.78, 5) is 12.4. The van der Waals surface area contributed by atoms with E-state index in [4.69, 9.17) is 17.0 Å². The highest BCUT2D eigenvalue weighted by Crippen LogP contribution is 2.24. The Hall–Kier alpha value is -3.18. The highest BCUT2D eigenvalue weighted by atomic mass is 32.1. The first-order valence-corrected chi connectivity index (χ1v) is 10.8. The summed E-state index contributed by atoms with van der Waals surface area (Å²) in [5.41, 5.74) is 4.54. The molecule has 0 fully saturated rings. The van der Waals surface area contributed by atoms with Gasteiger partial charge in [-0.3, -0.25) is 4.79 Å². The summed E-state index contributed by atoms with van der Waals surface area (Å²) in [6, 6.07) is 25.7. The van der Waals surface area contributed by atoms with Crippen LogP contribution in [0, 0.1) is 6.92 Å². The molecule has 0 heterocycles. The average molecular weight is 433 g/mol. The zero-order chi connectivity index (χ0) is 22.2. The molecule has 160 valence electrons. The van der Waals surface area contributed by atoms with Crippen molar-refractivity contribution in [2.24, 2.45) is 0 Å². The number of rotatable bonds is 7. The molecule has 0 radical (unpaired) electrons. The summed E-state index contributed by atoms with van der Waals surface area (Å²) in [5.74, 6) is 0.813. The summed E-state index contributed by atoms with van der Waals surface area (Å²) < 4.78 is 5.66. The van der Waals surface area contributed by atoms with Crippen LogP contribution in [-0.2, 0) is 4.79 Å². The van der Waals surface area contributed by atoms with Gasteiger partial charge in [0.1, 0.15) is 5.75 Å². The number of hydrogen-bond acceptors (Lipinski definition) is 3. The Morgan fingerprint density at radius 2 is 1.52 bits per heavy atom. The molecular weight excluding hydrogens is 404 g/mol. The molecule has 5 heteroatoms. The van der Waals surface area contributed by atoms with Gasteiger partial charge in [-0.2, -0.15) is 0 Å². The maximum absolute atomic E-state index is 12.4. The molecule has 4 nitrogen and oxygen atoms in total. The van der Waals surface area contributed by atoms with Gasteiger partial charge < -0.3 is 15.4 Å². The van der Waals surface area contributed by atoms with Crippen molar-refractivity contribution in [3.63, 3.8) is 0 Å². The molecule has 0 atom stereocenters. The lowest BCUT2D eigenvalue weighted by Gasteiger charge is -2.21. The third kappa shape index (κ3) is 6.40. The Morgan fingerprint density at radius 1 is 0.935 bits per heavy atom. The molecule has 2 N–H and O–H groups in total. The van der Waals surface area contributed by atoms with Crippen LogP contribution in [-0.4, -0.2) is 17.6 Å². The monoisotopic (exact) mass is 432 g/mol. The zero-order valence-electron chi connectivity index (χ0n) is 18.1. The predicted molar refractivity (Wildman–Crippen MR) is 129 cm³/mol. The van der Waals surface area contributed by atoms with Crippen molar-refractivity contribution >= 4 is 23.2 Å². The van der Waals surface area contributed by atoms with Gasteiger partial charge in [-0.1, -0.05) is 80.6 Å². The maximum Gasteiger partial charge on any atom is 0.264 e. The van der Waals surface area contributed by atoms with Crippen LogP contribution >= 0.6 is 12.2 Å². The highest BCUT2D eigenvalue weighted by Gasteiger charge is 2.16. The number of amides is 1. The van der Waals surface area contributed by atoms with E-state index in [2.05, 4.69) is 31.4 Å². The van der Waals surface area contributed by atoms with Gasteiger partial charge in [0.25, 0.3) is 5.91 Å². The highest BCUT2D eigenvalue weighted by molar-refractivity contribution is 7.80. The summed E-state index contributed by atoms with van der Waals surface area (Å²) in [6.07, 6.45) is 0. The second-order valence-electron chi connectivity index (χ2n) is 7.74. The van der Waals surface area contributed by atoms with Gasteiger partial charge in [-0.25, -0.2) is 0 Å². The zero-order valence-corrected chi connectivity index (χ0v) is 18.9. The number of thiocarbonyl (C=S) groups is 1. The topological polar surface area (TPSA) is 50.4 Å². The molecule has 0 bridgehead atoms. The van der Waals surface area contributed by atoms with Crippen molar-refractivity contribution in [3.05, 3.63) is 101 Å². The third-order valence-corrected chi connectivity index (χ3v) is 5.25. The minimum absolute atomic E-state index is 0.108. The molecule has 1 amide bonds. The quantitative estimate of drug-likeness (QED) is 0.499.